The van der Waals surface area contributed by atoms with Crippen LogP contribution in [0.4, 0.5) is 4.79 Å². The van der Waals surface area contributed by atoms with Gasteiger partial charge in [0.1, 0.15) is 5.76 Å². The molecule has 1 rings (SSSR count). The van der Waals surface area contributed by atoms with E-state index in [0.29, 0.717) is 13.1 Å². The summed E-state index contributed by atoms with van der Waals surface area (Å²) >= 11 is 0. The Balaban J connectivity index is 2.49. The van der Waals surface area contributed by atoms with Crippen molar-refractivity contribution in [3.63, 3.8) is 0 Å². The van der Waals surface area contributed by atoms with Crippen LogP contribution in [0.2, 0.25) is 0 Å². The number of urea groups is 1. The van der Waals surface area contributed by atoms with E-state index in [1.54, 1.807) is 25.8 Å². The predicted molar refractivity (Wildman–Crippen MR) is 69.4 cm³/mol. The Morgan fingerprint density at radius 2 is 2.21 bits per heavy atom. The van der Waals surface area contributed by atoms with Gasteiger partial charge in [-0.05, 0) is 27.8 Å². The van der Waals surface area contributed by atoms with Crippen LogP contribution >= 0.6 is 0 Å². The second-order valence-corrected chi connectivity index (χ2v) is 4.37. The lowest BCUT2D eigenvalue weighted by Gasteiger charge is -2.22. The van der Waals surface area contributed by atoms with Gasteiger partial charge < -0.3 is 9.84 Å². The Morgan fingerprint density at radius 1 is 1.53 bits per heavy atom. The summed E-state index contributed by atoms with van der Waals surface area (Å²) in [6.07, 6.45) is 0. The van der Waals surface area contributed by atoms with Gasteiger partial charge in [0.15, 0.2) is 0 Å². The first kappa shape index (κ1) is 15.2. The molecule has 7 nitrogen and oxygen atoms in total. The van der Waals surface area contributed by atoms with Crippen LogP contribution in [0.25, 0.3) is 0 Å². The van der Waals surface area contributed by atoms with Crippen molar-refractivity contribution < 1.29 is 14.1 Å². The van der Waals surface area contributed by atoms with E-state index in [-0.39, 0.29) is 5.91 Å². The summed E-state index contributed by atoms with van der Waals surface area (Å²) in [6.45, 7) is 6.26. The third kappa shape index (κ3) is 4.70. The van der Waals surface area contributed by atoms with Crippen molar-refractivity contribution in [3.05, 3.63) is 17.5 Å². The fraction of sp³-hybridized carbons (Fsp3) is 0.583. The van der Waals surface area contributed by atoms with E-state index >= 15 is 0 Å². The lowest BCUT2D eigenvalue weighted by atomic mass is 10.2. The first-order valence-corrected chi connectivity index (χ1v) is 6.15. The molecule has 0 spiro atoms. The number of hydrogen-bond donors (Lipinski definition) is 2. The van der Waals surface area contributed by atoms with E-state index in [0.717, 1.165) is 11.5 Å². The first-order valence-electron chi connectivity index (χ1n) is 6.15. The molecule has 3 amide bonds. The Hall–Kier alpha value is -1.89. The Bertz CT molecular complexity index is 444. The number of aromatic nitrogens is 1. The lowest BCUT2D eigenvalue weighted by molar-refractivity contribution is -0.124. The molecule has 0 aliphatic rings. The van der Waals surface area contributed by atoms with Crippen molar-refractivity contribution in [1.82, 2.24) is 20.7 Å². The van der Waals surface area contributed by atoms with Crippen LogP contribution in [0.1, 0.15) is 25.3 Å². The van der Waals surface area contributed by atoms with Crippen molar-refractivity contribution in [3.8, 4) is 0 Å². The fourth-order valence-electron chi connectivity index (χ4n) is 1.51. The highest BCUT2D eigenvalue weighted by molar-refractivity contribution is 5.96. The molecule has 1 aromatic heterocycles. The highest BCUT2D eigenvalue weighted by atomic mass is 16.5. The van der Waals surface area contributed by atoms with Gasteiger partial charge in [0.2, 0.25) is 5.91 Å². The van der Waals surface area contributed by atoms with Gasteiger partial charge in [-0.15, -0.1) is 0 Å². The van der Waals surface area contributed by atoms with Gasteiger partial charge in [0.05, 0.1) is 11.7 Å². The molecule has 0 aromatic carbocycles. The summed E-state index contributed by atoms with van der Waals surface area (Å²) in [5, 5.41) is 8.64. The topological polar surface area (TPSA) is 87.5 Å². The number of aryl methyl sites for hydroxylation is 1. The smallest absolute Gasteiger partial charge is 0.321 e. The van der Waals surface area contributed by atoms with Crippen molar-refractivity contribution >= 4 is 11.9 Å². The second kappa shape index (κ2) is 6.89. The van der Waals surface area contributed by atoms with Crippen LogP contribution < -0.4 is 10.6 Å². The highest BCUT2D eigenvalue weighted by Crippen LogP contribution is 2.07. The SMILES string of the molecule is CCNC(=O)NC(=O)[C@H](C)N(C)Cc1cc(C)on1. The minimum Gasteiger partial charge on any atom is -0.361 e. The average Bonchev–Trinajstić information content (AvgIpc) is 2.73. The van der Waals surface area contributed by atoms with E-state index in [4.69, 9.17) is 4.52 Å². The highest BCUT2D eigenvalue weighted by Gasteiger charge is 2.20. The molecule has 0 bridgehead atoms. The second-order valence-electron chi connectivity index (χ2n) is 4.37. The van der Waals surface area contributed by atoms with Gasteiger partial charge in [0.25, 0.3) is 0 Å². The van der Waals surface area contributed by atoms with Crippen LogP contribution in [-0.2, 0) is 11.3 Å². The van der Waals surface area contributed by atoms with Crippen molar-refractivity contribution in [2.24, 2.45) is 0 Å². The number of imide groups is 1. The molecular formula is C12H20N4O3. The maximum Gasteiger partial charge on any atom is 0.321 e. The number of hydrogen-bond acceptors (Lipinski definition) is 5. The van der Waals surface area contributed by atoms with Crippen LogP contribution in [0.5, 0.6) is 0 Å². The first-order chi connectivity index (χ1) is 8.93. The largest absolute Gasteiger partial charge is 0.361 e. The normalized spacial score (nSPS) is 12.3. The molecule has 0 aliphatic carbocycles. The Kier molecular flexibility index (Phi) is 5.50. The zero-order chi connectivity index (χ0) is 14.4. The standard InChI is InChI=1S/C12H20N4O3/c1-5-13-12(18)14-11(17)9(3)16(4)7-10-6-8(2)19-15-10/h6,9H,5,7H2,1-4H3,(H2,13,14,17,18)/t9-/m0/s1. The third-order valence-corrected chi connectivity index (χ3v) is 2.70. The van der Waals surface area contributed by atoms with Crippen LogP contribution in [0, 0.1) is 6.92 Å². The van der Waals surface area contributed by atoms with E-state index in [2.05, 4.69) is 15.8 Å². The molecule has 106 valence electrons. The third-order valence-electron chi connectivity index (χ3n) is 2.70. The number of amides is 3. The van der Waals surface area contributed by atoms with Crippen molar-refractivity contribution in [1.29, 1.82) is 0 Å². The number of rotatable bonds is 5. The summed E-state index contributed by atoms with van der Waals surface area (Å²) in [4.78, 5) is 24.8. The zero-order valence-electron chi connectivity index (χ0n) is 11.7. The van der Waals surface area contributed by atoms with Crippen molar-refractivity contribution in [2.45, 2.75) is 33.4 Å². The summed E-state index contributed by atoms with van der Waals surface area (Å²) in [7, 11) is 1.78. The quantitative estimate of drug-likeness (QED) is 0.818. The Labute approximate surface area is 112 Å². The zero-order valence-corrected chi connectivity index (χ0v) is 11.7. The molecule has 0 radical (unpaired) electrons. The van der Waals surface area contributed by atoms with Gasteiger partial charge in [-0.25, -0.2) is 4.79 Å². The molecule has 0 aliphatic heterocycles. The average molecular weight is 268 g/mol. The molecule has 0 fully saturated rings. The molecular weight excluding hydrogens is 248 g/mol. The fourth-order valence-corrected chi connectivity index (χ4v) is 1.51. The molecule has 0 saturated carbocycles. The van der Waals surface area contributed by atoms with E-state index in [9.17, 15) is 9.59 Å². The maximum absolute atomic E-state index is 11.8. The van der Waals surface area contributed by atoms with E-state index < -0.39 is 12.1 Å². The summed E-state index contributed by atoms with van der Waals surface area (Å²) in [5.41, 5.74) is 0.748. The van der Waals surface area contributed by atoms with E-state index in [1.807, 2.05) is 13.0 Å². The molecule has 1 heterocycles. The number of carbonyl (C=O) groups excluding carboxylic acids is 2. The van der Waals surface area contributed by atoms with Gasteiger partial charge in [0, 0.05) is 19.2 Å². The summed E-state index contributed by atoms with van der Waals surface area (Å²) < 4.78 is 4.96. The minimum atomic E-state index is -0.481. The lowest BCUT2D eigenvalue weighted by Crippen LogP contribution is -2.48. The summed E-state index contributed by atoms with van der Waals surface area (Å²) in [5.74, 6) is 0.372. The molecule has 1 aromatic rings. The van der Waals surface area contributed by atoms with E-state index in [1.165, 1.54) is 0 Å². The van der Waals surface area contributed by atoms with Crippen LogP contribution in [0.15, 0.2) is 10.6 Å². The summed E-state index contributed by atoms with van der Waals surface area (Å²) in [6, 6.07) is 0.884. The molecule has 19 heavy (non-hydrogen) atoms. The molecule has 1 atom stereocenters. The van der Waals surface area contributed by atoms with Crippen molar-refractivity contribution in [2.75, 3.05) is 13.6 Å². The number of likely N-dealkylation sites (N-methyl/N-ethyl adjacent to an activating group) is 1. The monoisotopic (exact) mass is 268 g/mol. The molecule has 7 heteroatoms. The number of carbonyl (C=O) groups is 2. The number of nitrogens with one attached hydrogen (secondary N) is 2. The van der Waals surface area contributed by atoms with Gasteiger partial charge >= 0.3 is 6.03 Å². The van der Waals surface area contributed by atoms with Gasteiger partial charge in [-0.2, -0.15) is 0 Å². The predicted octanol–water partition coefficient (Wildman–Crippen LogP) is 0.649. The number of nitrogens with zero attached hydrogens (tertiary/aromatic N) is 2. The molecule has 0 unspecified atom stereocenters. The maximum atomic E-state index is 11.8. The van der Waals surface area contributed by atoms with Gasteiger partial charge in [-0.3, -0.25) is 15.0 Å². The minimum absolute atomic E-state index is 0.353. The molecule has 0 saturated heterocycles. The molecule has 2 N–H and O–H groups in total. The van der Waals surface area contributed by atoms with Crippen LogP contribution in [-0.4, -0.2) is 41.6 Å². The van der Waals surface area contributed by atoms with Gasteiger partial charge in [-0.1, -0.05) is 5.16 Å². The Morgan fingerprint density at radius 3 is 2.74 bits per heavy atom. The van der Waals surface area contributed by atoms with Crippen LogP contribution in [0.3, 0.4) is 0 Å².